The van der Waals surface area contributed by atoms with Crippen molar-refractivity contribution in [1.82, 2.24) is 29.7 Å². The summed E-state index contributed by atoms with van der Waals surface area (Å²) < 4.78 is 6.80. The van der Waals surface area contributed by atoms with Gasteiger partial charge in [-0.05, 0) is 26.0 Å². The number of amides is 1. The first kappa shape index (κ1) is 17.7. The molecule has 9 heteroatoms. The van der Waals surface area contributed by atoms with E-state index in [1.165, 1.54) is 7.11 Å². The quantitative estimate of drug-likeness (QED) is 0.553. The number of hydrogen-bond donors (Lipinski definition) is 2. The Bertz CT molecular complexity index is 1150. The third-order valence-corrected chi connectivity index (χ3v) is 4.23. The van der Waals surface area contributed by atoms with Crippen LogP contribution in [-0.4, -0.2) is 42.7 Å². The zero-order chi connectivity index (χ0) is 19.7. The molecule has 0 unspecified atom stereocenters. The molecule has 0 saturated heterocycles. The summed E-state index contributed by atoms with van der Waals surface area (Å²) in [5.41, 5.74) is 2.82. The highest BCUT2D eigenvalue weighted by Gasteiger charge is 2.12. The number of carbonyl (C=O) groups excluding carboxylic acids is 1. The summed E-state index contributed by atoms with van der Waals surface area (Å²) in [5.74, 6) is 0.189. The Labute approximate surface area is 160 Å². The van der Waals surface area contributed by atoms with Crippen LogP contribution in [0.5, 0.6) is 6.01 Å². The van der Waals surface area contributed by atoms with E-state index >= 15 is 0 Å². The zero-order valence-corrected chi connectivity index (χ0v) is 15.7. The topological polar surface area (TPSA) is 111 Å². The second-order valence-corrected chi connectivity index (χ2v) is 6.53. The molecule has 4 heterocycles. The summed E-state index contributed by atoms with van der Waals surface area (Å²) in [6.45, 7) is 4.00. The molecule has 9 nitrogen and oxygen atoms in total. The maximum Gasteiger partial charge on any atom is 0.316 e. The lowest BCUT2D eigenvalue weighted by atomic mass is 10.2. The normalized spacial score (nSPS) is 11.1. The van der Waals surface area contributed by atoms with Crippen LogP contribution in [0, 0.1) is 0 Å². The minimum Gasteiger partial charge on any atom is -0.467 e. The number of ether oxygens (including phenoxy) is 1. The fourth-order valence-electron chi connectivity index (χ4n) is 2.75. The largest absolute Gasteiger partial charge is 0.467 e. The van der Waals surface area contributed by atoms with E-state index in [9.17, 15) is 4.79 Å². The maximum atomic E-state index is 12.4. The van der Waals surface area contributed by atoms with Crippen molar-refractivity contribution in [3.8, 4) is 17.4 Å². The lowest BCUT2D eigenvalue weighted by Gasteiger charge is -2.04. The zero-order valence-electron chi connectivity index (χ0n) is 15.7. The van der Waals surface area contributed by atoms with Crippen molar-refractivity contribution in [1.29, 1.82) is 0 Å². The number of nitrogens with zero attached hydrogens (tertiary/aromatic N) is 5. The molecule has 0 spiro atoms. The lowest BCUT2D eigenvalue weighted by molar-refractivity contribution is 0.102. The number of fused-ring (bicyclic) bond motifs is 1. The third-order valence-electron chi connectivity index (χ3n) is 4.23. The van der Waals surface area contributed by atoms with Gasteiger partial charge in [-0.1, -0.05) is 0 Å². The van der Waals surface area contributed by atoms with Gasteiger partial charge in [0, 0.05) is 36.1 Å². The van der Waals surface area contributed by atoms with Crippen molar-refractivity contribution in [2.75, 3.05) is 12.4 Å². The number of anilines is 1. The van der Waals surface area contributed by atoms with Crippen LogP contribution in [-0.2, 0) is 0 Å². The number of aromatic amines is 1. The molecule has 1 amide bonds. The van der Waals surface area contributed by atoms with E-state index in [1.54, 1.807) is 41.6 Å². The predicted molar refractivity (Wildman–Crippen MR) is 104 cm³/mol. The number of hydrogen-bond acceptors (Lipinski definition) is 6. The van der Waals surface area contributed by atoms with Gasteiger partial charge in [-0.3, -0.25) is 9.48 Å². The number of methoxy groups -OCH3 is 1. The molecule has 0 fully saturated rings. The van der Waals surface area contributed by atoms with Gasteiger partial charge in [0.2, 0.25) is 0 Å². The third kappa shape index (κ3) is 3.41. The molecule has 4 aromatic rings. The minimum absolute atomic E-state index is 0.189. The fraction of sp³-hybridized carbons (Fsp3) is 0.211. The lowest BCUT2D eigenvalue weighted by Crippen LogP contribution is -2.12. The summed E-state index contributed by atoms with van der Waals surface area (Å²) in [5, 5.41) is 7.89. The smallest absolute Gasteiger partial charge is 0.316 e. The van der Waals surface area contributed by atoms with Crippen LogP contribution in [0.1, 0.15) is 30.2 Å². The van der Waals surface area contributed by atoms with Crippen LogP contribution in [0.15, 0.2) is 43.0 Å². The van der Waals surface area contributed by atoms with Crippen molar-refractivity contribution < 1.29 is 9.53 Å². The molecular weight excluding hydrogens is 358 g/mol. The highest BCUT2D eigenvalue weighted by atomic mass is 16.5. The average molecular weight is 377 g/mol. The van der Waals surface area contributed by atoms with Gasteiger partial charge in [0.1, 0.15) is 5.82 Å². The molecule has 0 aliphatic rings. The van der Waals surface area contributed by atoms with Gasteiger partial charge in [0.25, 0.3) is 5.91 Å². The number of rotatable bonds is 5. The van der Waals surface area contributed by atoms with Crippen LogP contribution >= 0.6 is 0 Å². The minimum atomic E-state index is -0.258. The van der Waals surface area contributed by atoms with Crippen molar-refractivity contribution in [3.63, 3.8) is 0 Å². The van der Waals surface area contributed by atoms with E-state index in [-0.39, 0.29) is 11.9 Å². The maximum absolute atomic E-state index is 12.4. The molecule has 0 aliphatic heterocycles. The van der Waals surface area contributed by atoms with E-state index in [0.717, 1.165) is 16.6 Å². The van der Waals surface area contributed by atoms with E-state index in [0.29, 0.717) is 23.1 Å². The molecular formula is C19H19N7O2. The van der Waals surface area contributed by atoms with E-state index < -0.39 is 0 Å². The molecule has 0 radical (unpaired) electrons. The predicted octanol–water partition coefficient (Wildman–Crippen LogP) is 3.06. The van der Waals surface area contributed by atoms with Gasteiger partial charge >= 0.3 is 6.01 Å². The standard InChI is InChI=1S/C19H19N7O2/c1-11(2)26-10-13(9-22-26)18(27)25-17-7-15-12(8-21-17)6-16(23-15)14-4-5-20-19(24-14)28-3/h4-11,23H,1-3H3,(H,21,25,27). The van der Waals surface area contributed by atoms with Crippen molar-refractivity contribution in [2.45, 2.75) is 19.9 Å². The molecule has 0 bridgehead atoms. The van der Waals surface area contributed by atoms with Crippen molar-refractivity contribution in [2.24, 2.45) is 0 Å². The average Bonchev–Trinajstić information content (AvgIpc) is 3.35. The molecule has 28 heavy (non-hydrogen) atoms. The van der Waals surface area contributed by atoms with Gasteiger partial charge in [0.05, 0.1) is 35.8 Å². The Balaban J connectivity index is 1.58. The molecule has 4 aromatic heterocycles. The Hall–Kier alpha value is -3.75. The van der Waals surface area contributed by atoms with Crippen LogP contribution in [0.4, 0.5) is 5.82 Å². The summed E-state index contributed by atoms with van der Waals surface area (Å²) >= 11 is 0. The Morgan fingerprint density at radius 1 is 1.25 bits per heavy atom. The van der Waals surface area contributed by atoms with Gasteiger partial charge in [-0.2, -0.15) is 10.1 Å². The van der Waals surface area contributed by atoms with Crippen LogP contribution in [0.2, 0.25) is 0 Å². The second kappa shape index (κ2) is 7.10. The van der Waals surface area contributed by atoms with Gasteiger partial charge in [-0.25, -0.2) is 9.97 Å². The van der Waals surface area contributed by atoms with Crippen LogP contribution < -0.4 is 10.1 Å². The van der Waals surface area contributed by atoms with Gasteiger partial charge < -0.3 is 15.0 Å². The summed E-state index contributed by atoms with van der Waals surface area (Å²) in [6.07, 6.45) is 6.59. The van der Waals surface area contributed by atoms with Crippen LogP contribution in [0.3, 0.4) is 0 Å². The van der Waals surface area contributed by atoms with Crippen LogP contribution in [0.25, 0.3) is 22.3 Å². The fourth-order valence-corrected chi connectivity index (χ4v) is 2.75. The number of pyridine rings is 1. The Morgan fingerprint density at radius 3 is 2.86 bits per heavy atom. The van der Waals surface area contributed by atoms with E-state index in [4.69, 9.17) is 4.74 Å². The van der Waals surface area contributed by atoms with E-state index in [2.05, 4.69) is 30.4 Å². The molecule has 142 valence electrons. The molecule has 4 rings (SSSR count). The second-order valence-electron chi connectivity index (χ2n) is 6.53. The first-order chi connectivity index (χ1) is 13.5. The Morgan fingerprint density at radius 2 is 2.11 bits per heavy atom. The number of H-pyrrole nitrogens is 1. The van der Waals surface area contributed by atoms with Gasteiger partial charge in [-0.15, -0.1) is 0 Å². The number of aromatic nitrogens is 6. The van der Waals surface area contributed by atoms with Gasteiger partial charge in [0.15, 0.2) is 0 Å². The summed E-state index contributed by atoms with van der Waals surface area (Å²) in [6, 6.07) is 5.98. The first-order valence-electron chi connectivity index (χ1n) is 8.75. The van der Waals surface area contributed by atoms with Crippen molar-refractivity contribution in [3.05, 3.63) is 48.5 Å². The van der Waals surface area contributed by atoms with E-state index in [1.807, 2.05) is 19.9 Å². The number of carbonyl (C=O) groups is 1. The monoisotopic (exact) mass is 377 g/mol. The molecule has 0 saturated carbocycles. The molecule has 0 aromatic carbocycles. The van der Waals surface area contributed by atoms with Crippen molar-refractivity contribution >= 4 is 22.6 Å². The summed E-state index contributed by atoms with van der Waals surface area (Å²) in [4.78, 5) is 28.4. The SMILES string of the molecule is COc1nccc(-c2cc3cnc(NC(=O)c4cnn(C(C)C)c4)cc3[nH]2)n1. The highest BCUT2D eigenvalue weighted by Crippen LogP contribution is 2.24. The molecule has 0 atom stereocenters. The Kier molecular flexibility index (Phi) is 4.48. The highest BCUT2D eigenvalue weighted by molar-refractivity contribution is 6.04. The molecule has 0 aliphatic carbocycles. The molecule has 2 N–H and O–H groups in total. The summed E-state index contributed by atoms with van der Waals surface area (Å²) in [7, 11) is 1.52. The first-order valence-corrected chi connectivity index (χ1v) is 8.75. The number of nitrogens with one attached hydrogen (secondary N) is 2.